The summed E-state index contributed by atoms with van der Waals surface area (Å²) in [4.78, 5) is 30.4. The van der Waals surface area contributed by atoms with Gasteiger partial charge in [-0.25, -0.2) is 0 Å². The molecule has 2 unspecified atom stereocenters. The molecule has 1 amide bonds. The van der Waals surface area contributed by atoms with Crippen LogP contribution in [0.3, 0.4) is 0 Å². The van der Waals surface area contributed by atoms with Crippen LogP contribution in [0.1, 0.15) is 43.5 Å². The SMILES string of the molecule is CCN(CC)c1ccc(N2C(=O)C(=O)/C(=C(\O)c3ccc4c(c3)CC(C)O4)C2c2ccc(O)cc2)cc1. The number of ether oxygens (including phenoxy) is 1. The van der Waals surface area contributed by atoms with Crippen molar-refractivity contribution in [2.45, 2.75) is 39.3 Å². The van der Waals surface area contributed by atoms with Crippen molar-refractivity contribution >= 4 is 28.8 Å². The summed E-state index contributed by atoms with van der Waals surface area (Å²) in [5.74, 6) is -0.882. The third kappa shape index (κ3) is 4.31. The minimum absolute atomic E-state index is 0.00965. The van der Waals surface area contributed by atoms with E-state index in [9.17, 15) is 19.8 Å². The summed E-state index contributed by atoms with van der Waals surface area (Å²) in [6, 6.07) is 18.3. The van der Waals surface area contributed by atoms with E-state index in [4.69, 9.17) is 4.74 Å². The summed E-state index contributed by atoms with van der Waals surface area (Å²) in [7, 11) is 0. The lowest BCUT2D eigenvalue weighted by Gasteiger charge is -2.27. The molecule has 1 fully saturated rings. The molecule has 190 valence electrons. The van der Waals surface area contributed by atoms with Gasteiger partial charge in [0.1, 0.15) is 23.4 Å². The van der Waals surface area contributed by atoms with Gasteiger partial charge in [0.05, 0.1) is 11.6 Å². The molecule has 2 N–H and O–H groups in total. The van der Waals surface area contributed by atoms with Gasteiger partial charge in [0, 0.05) is 36.4 Å². The predicted molar refractivity (Wildman–Crippen MR) is 143 cm³/mol. The number of nitrogens with zero attached hydrogens (tertiary/aromatic N) is 2. The molecule has 0 radical (unpaired) electrons. The molecule has 3 aromatic carbocycles. The van der Waals surface area contributed by atoms with Gasteiger partial charge in [-0.05, 0) is 86.5 Å². The number of Topliss-reactive ketones (excluding diaryl/α,β-unsaturated/α-hetero) is 1. The van der Waals surface area contributed by atoms with Crippen LogP contribution in [-0.2, 0) is 16.0 Å². The minimum Gasteiger partial charge on any atom is -0.508 e. The number of rotatable bonds is 6. The highest BCUT2D eigenvalue weighted by Gasteiger charge is 2.47. The van der Waals surface area contributed by atoms with Crippen LogP contribution in [0.25, 0.3) is 5.76 Å². The Hall–Kier alpha value is -4.26. The Morgan fingerprint density at radius 1 is 1.00 bits per heavy atom. The number of hydrogen-bond acceptors (Lipinski definition) is 6. The fraction of sp³-hybridized carbons (Fsp3) is 0.267. The number of phenolic OH excluding ortho intramolecular Hbond substituents is 1. The van der Waals surface area contributed by atoms with Crippen LogP contribution in [0.4, 0.5) is 11.4 Å². The maximum atomic E-state index is 13.4. The van der Waals surface area contributed by atoms with Crippen molar-refractivity contribution in [3.8, 4) is 11.5 Å². The number of hydrogen-bond donors (Lipinski definition) is 2. The molecule has 0 saturated carbocycles. The van der Waals surface area contributed by atoms with Gasteiger partial charge in [0.25, 0.3) is 11.7 Å². The molecule has 1 saturated heterocycles. The second kappa shape index (κ2) is 9.65. The lowest BCUT2D eigenvalue weighted by molar-refractivity contribution is -0.132. The number of aliphatic hydroxyl groups is 1. The predicted octanol–water partition coefficient (Wildman–Crippen LogP) is 5.19. The van der Waals surface area contributed by atoms with E-state index < -0.39 is 17.7 Å². The van der Waals surface area contributed by atoms with Gasteiger partial charge >= 0.3 is 0 Å². The van der Waals surface area contributed by atoms with Gasteiger partial charge in [-0.1, -0.05) is 12.1 Å². The van der Waals surface area contributed by atoms with Crippen LogP contribution in [0.15, 0.2) is 72.3 Å². The highest BCUT2D eigenvalue weighted by Crippen LogP contribution is 2.43. The van der Waals surface area contributed by atoms with Gasteiger partial charge in [-0.3, -0.25) is 14.5 Å². The van der Waals surface area contributed by atoms with E-state index in [2.05, 4.69) is 18.7 Å². The van der Waals surface area contributed by atoms with Crippen molar-refractivity contribution < 1.29 is 24.5 Å². The highest BCUT2D eigenvalue weighted by molar-refractivity contribution is 6.51. The number of carbonyl (C=O) groups excluding carboxylic acids is 2. The number of fused-ring (bicyclic) bond motifs is 1. The minimum atomic E-state index is -0.858. The maximum absolute atomic E-state index is 13.4. The molecule has 7 nitrogen and oxygen atoms in total. The molecule has 0 aromatic heterocycles. The summed E-state index contributed by atoms with van der Waals surface area (Å²) >= 11 is 0. The first-order chi connectivity index (χ1) is 17.8. The zero-order valence-electron chi connectivity index (χ0n) is 21.1. The molecule has 0 aliphatic carbocycles. The summed E-state index contributed by atoms with van der Waals surface area (Å²) in [5, 5.41) is 21.3. The zero-order chi connectivity index (χ0) is 26.3. The lowest BCUT2D eigenvalue weighted by Crippen LogP contribution is -2.29. The fourth-order valence-corrected chi connectivity index (χ4v) is 5.21. The van der Waals surface area contributed by atoms with Gasteiger partial charge in [0.2, 0.25) is 0 Å². The Morgan fingerprint density at radius 2 is 1.68 bits per heavy atom. The molecule has 2 aliphatic rings. The number of phenols is 1. The average Bonchev–Trinajstić information content (AvgIpc) is 3.40. The van der Waals surface area contributed by atoms with Crippen molar-refractivity contribution in [2.24, 2.45) is 0 Å². The van der Waals surface area contributed by atoms with E-state index in [0.29, 0.717) is 23.2 Å². The van der Waals surface area contributed by atoms with Gasteiger partial charge in [-0.2, -0.15) is 0 Å². The monoisotopic (exact) mass is 498 g/mol. The van der Waals surface area contributed by atoms with E-state index in [1.807, 2.05) is 37.3 Å². The second-order valence-electron chi connectivity index (χ2n) is 9.40. The van der Waals surface area contributed by atoms with E-state index in [1.54, 1.807) is 24.3 Å². The number of aliphatic hydroxyl groups excluding tert-OH is 1. The Kier molecular flexibility index (Phi) is 6.38. The summed E-state index contributed by atoms with van der Waals surface area (Å²) in [6.07, 6.45) is 0.736. The van der Waals surface area contributed by atoms with Gasteiger partial charge in [0.15, 0.2) is 0 Å². The van der Waals surface area contributed by atoms with E-state index >= 15 is 0 Å². The Morgan fingerprint density at radius 3 is 2.32 bits per heavy atom. The number of ketones is 1. The van der Waals surface area contributed by atoms with Crippen molar-refractivity contribution in [3.05, 3.63) is 89.0 Å². The normalized spacial score (nSPS) is 20.1. The first-order valence-electron chi connectivity index (χ1n) is 12.6. The van der Waals surface area contributed by atoms with Crippen LogP contribution in [0.2, 0.25) is 0 Å². The van der Waals surface area contributed by atoms with Crippen molar-refractivity contribution in [3.63, 3.8) is 0 Å². The third-order valence-electron chi connectivity index (χ3n) is 7.08. The topological polar surface area (TPSA) is 90.3 Å². The number of benzene rings is 3. The molecule has 3 aromatic rings. The number of amides is 1. The molecule has 5 rings (SSSR count). The first-order valence-corrected chi connectivity index (χ1v) is 12.6. The van der Waals surface area contributed by atoms with E-state index in [1.165, 1.54) is 17.0 Å². The molecule has 0 spiro atoms. The third-order valence-corrected chi connectivity index (χ3v) is 7.08. The van der Waals surface area contributed by atoms with E-state index in [0.717, 1.165) is 30.1 Å². The number of carbonyl (C=O) groups is 2. The molecule has 2 atom stereocenters. The Balaban J connectivity index is 1.63. The molecule has 0 bridgehead atoms. The van der Waals surface area contributed by atoms with E-state index in [-0.39, 0.29) is 23.2 Å². The zero-order valence-corrected chi connectivity index (χ0v) is 21.1. The van der Waals surface area contributed by atoms with Crippen LogP contribution in [0, 0.1) is 0 Å². The first kappa shape index (κ1) is 24.4. The Labute approximate surface area is 216 Å². The fourth-order valence-electron chi connectivity index (χ4n) is 5.21. The summed E-state index contributed by atoms with van der Waals surface area (Å²) in [6.45, 7) is 7.82. The second-order valence-corrected chi connectivity index (χ2v) is 9.40. The summed E-state index contributed by atoms with van der Waals surface area (Å²) < 4.78 is 5.77. The number of aromatic hydroxyl groups is 1. The standard InChI is InChI=1S/C30H30N2O5/c1-4-31(5-2)22-9-11-23(12-10-22)32-27(19-6-13-24(33)14-7-19)26(29(35)30(32)36)28(34)20-8-15-25-21(17-20)16-18(3)37-25/h6-15,17-18,27,33-34H,4-5,16H2,1-3H3/b28-26-. The summed E-state index contributed by atoms with van der Waals surface area (Å²) in [5.41, 5.74) is 3.57. The average molecular weight is 499 g/mol. The van der Waals surface area contributed by atoms with Gasteiger partial charge < -0.3 is 19.8 Å². The van der Waals surface area contributed by atoms with Crippen LogP contribution >= 0.6 is 0 Å². The smallest absolute Gasteiger partial charge is 0.300 e. The van der Waals surface area contributed by atoms with Crippen LogP contribution < -0.4 is 14.5 Å². The van der Waals surface area contributed by atoms with Crippen LogP contribution in [-0.4, -0.2) is 41.1 Å². The van der Waals surface area contributed by atoms with Gasteiger partial charge in [-0.15, -0.1) is 0 Å². The van der Waals surface area contributed by atoms with Crippen LogP contribution in [0.5, 0.6) is 11.5 Å². The van der Waals surface area contributed by atoms with Crippen molar-refractivity contribution in [1.29, 1.82) is 0 Å². The molecular formula is C30H30N2O5. The lowest BCUT2D eigenvalue weighted by atomic mass is 9.94. The largest absolute Gasteiger partial charge is 0.508 e. The number of anilines is 2. The molecule has 2 aliphatic heterocycles. The quantitative estimate of drug-likeness (QED) is 0.276. The highest BCUT2D eigenvalue weighted by atomic mass is 16.5. The Bertz CT molecular complexity index is 1370. The molecule has 2 heterocycles. The maximum Gasteiger partial charge on any atom is 0.300 e. The van der Waals surface area contributed by atoms with Crippen molar-refractivity contribution in [2.75, 3.05) is 22.9 Å². The molecule has 7 heteroatoms. The molecular weight excluding hydrogens is 468 g/mol. The van der Waals surface area contributed by atoms with Crippen molar-refractivity contribution in [1.82, 2.24) is 0 Å². The molecule has 37 heavy (non-hydrogen) atoms.